The Morgan fingerprint density at radius 3 is 2.67 bits per heavy atom. The highest BCUT2D eigenvalue weighted by Crippen LogP contribution is 2.44. The predicted molar refractivity (Wildman–Crippen MR) is 88.9 cm³/mol. The number of carbonyl (C=O) groups is 1. The molecule has 0 saturated carbocycles. The van der Waals surface area contributed by atoms with E-state index in [1.165, 1.54) is 10.6 Å². The highest BCUT2D eigenvalue weighted by Gasteiger charge is 2.39. The first-order chi connectivity index (χ1) is 11.0. The number of benzene rings is 1. The molecule has 0 aromatic heterocycles. The average molecular weight is 357 g/mol. The molecule has 1 heterocycles. The molecule has 1 atom stereocenters. The van der Waals surface area contributed by atoms with Gasteiger partial charge in [-0.15, -0.1) is 0 Å². The molecular formula is C16H23NO6S. The number of ether oxygens (including phenoxy) is 2. The number of sulfonamides is 1. The zero-order valence-electron chi connectivity index (χ0n) is 14.3. The molecule has 0 fully saturated rings. The number of carboxylic acid groups (broad SMARTS) is 1. The van der Waals surface area contributed by atoms with E-state index in [2.05, 4.69) is 0 Å². The van der Waals surface area contributed by atoms with E-state index in [1.807, 2.05) is 13.8 Å². The van der Waals surface area contributed by atoms with Gasteiger partial charge in [-0.05, 0) is 32.0 Å². The maximum atomic E-state index is 12.2. The SMILES string of the molecule is CCN(C1CC(C)(C)Oc2ccc(OCC(=O)O)cc21)S(C)(=O)=O. The van der Waals surface area contributed by atoms with Crippen molar-refractivity contribution in [1.82, 2.24) is 4.31 Å². The van der Waals surface area contributed by atoms with Crippen LogP contribution >= 0.6 is 0 Å². The minimum atomic E-state index is -3.40. The first kappa shape index (κ1) is 18.5. The number of carboxylic acids is 1. The summed E-state index contributed by atoms with van der Waals surface area (Å²) in [7, 11) is -3.40. The van der Waals surface area contributed by atoms with Crippen LogP contribution < -0.4 is 9.47 Å². The van der Waals surface area contributed by atoms with Crippen LogP contribution in [0.5, 0.6) is 11.5 Å². The van der Waals surface area contributed by atoms with E-state index in [0.717, 1.165) is 0 Å². The predicted octanol–water partition coefficient (Wildman–Crippen LogP) is 2.03. The van der Waals surface area contributed by atoms with Crippen LogP contribution in [0.25, 0.3) is 0 Å². The largest absolute Gasteiger partial charge is 0.487 e. The van der Waals surface area contributed by atoms with Crippen LogP contribution in [0.15, 0.2) is 18.2 Å². The van der Waals surface area contributed by atoms with Crippen molar-refractivity contribution >= 4 is 16.0 Å². The fraction of sp³-hybridized carbons (Fsp3) is 0.562. The van der Waals surface area contributed by atoms with E-state index in [9.17, 15) is 13.2 Å². The number of hydrogen-bond donors (Lipinski definition) is 1. The Balaban J connectivity index is 2.46. The lowest BCUT2D eigenvalue weighted by atomic mass is 9.89. The molecule has 1 aliphatic rings. The van der Waals surface area contributed by atoms with Crippen molar-refractivity contribution in [3.63, 3.8) is 0 Å². The third kappa shape index (κ3) is 4.18. The molecule has 0 aliphatic carbocycles. The zero-order valence-corrected chi connectivity index (χ0v) is 15.1. The molecule has 0 radical (unpaired) electrons. The van der Waals surface area contributed by atoms with E-state index in [1.54, 1.807) is 25.1 Å². The lowest BCUT2D eigenvalue weighted by molar-refractivity contribution is -0.139. The van der Waals surface area contributed by atoms with Crippen LogP contribution in [-0.4, -0.2) is 48.8 Å². The average Bonchev–Trinajstić information content (AvgIpc) is 2.43. The molecule has 2 rings (SSSR count). The van der Waals surface area contributed by atoms with Crippen molar-refractivity contribution in [2.75, 3.05) is 19.4 Å². The van der Waals surface area contributed by atoms with Crippen LogP contribution in [0, 0.1) is 0 Å². The summed E-state index contributed by atoms with van der Waals surface area (Å²) in [5.74, 6) is -0.122. The van der Waals surface area contributed by atoms with Gasteiger partial charge in [0.15, 0.2) is 6.61 Å². The number of fused-ring (bicyclic) bond motifs is 1. The summed E-state index contributed by atoms with van der Waals surface area (Å²) in [5, 5.41) is 8.73. The quantitative estimate of drug-likeness (QED) is 0.837. The molecule has 1 aliphatic heterocycles. The molecule has 0 bridgehead atoms. The van der Waals surface area contributed by atoms with Gasteiger partial charge in [-0.1, -0.05) is 6.92 Å². The summed E-state index contributed by atoms with van der Waals surface area (Å²) >= 11 is 0. The van der Waals surface area contributed by atoms with Gasteiger partial charge in [0, 0.05) is 18.5 Å². The molecule has 1 aromatic carbocycles. The lowest BCUT2D eigenvalue weighted by Crippen LogP contribution is -2.43. The second kappa shape index (κ2) is 6.60. The zero-order chi connectivity index (χ0) is 18.1. The summed E-state index contributed by atoms with van der Waals surface area (Å²) < 4.78 is 36.9. The van der Waals surface area contributed by atoms with Crippen molar-refractivity contribution < 1.29 is 27.8 Å². The van der Waals surface area contributed by atoms with Gasteiger partial charge in [-0.2, -0.15) is 4.31 Å². The van der Waals surface area contributed by atoms with Gasteiger partial charge in [0.1, 0.15) is 17.1 Å². The van der Waals surface area contributed by atoms with Crippen LogP contribution in [0.2, 0.25) is 0 Å². The van der Waals surface area contributed by atoms with Crippen LogP contribution in [-0.2, 0) is 14.8 Å². The van der Waals surface area contributed by atoms with Crippen molar-refractivity contribution in [2.24, 2.45) is 0 Å². The maximum absolute atomic E-state index is 12.2. The van der Waals surface area contributed by atoms with Crippen LogP contribution in [0.4, 0.5) is 0 Å². The fourth-order valence-electron chi connectivity index (χ4n) is 2.97. The number of nitrogens with zero attached hydrogens (tertiary/aromatic N) is 1. The number of aliphatic carboxylic acids is 1. The van der Waals surface area contributed by atoms with Crippen molar-refractivity contribution in [2.45, 2.75) is 38.8 Å². The molecule has 7 nitrogen and oxygen atoms in total. The van der Waals surface area contributed by atoms with Gasteiger partial charge in [0.25, 0.3) is 0 Å². The highest BCUT2D eigenvalue weighted by molar-refractivity contribution is 7.88. The lowest BCUT2D eigenvalue weighted by Gasteiger charge is -2.41. The second-order valence-electron chi connectivity index (χ2n) is 6.43. The number of rotatable bonds is 6. The van der Waals surface area contributed by atoms with E-state index in [0.29, 0.717) is 30.0 Å². The Hall–Kier alpha value is -1.80. The highest BCUT2D eigenvalue weighted by atomic mass is 32.2. The summed E-state index contributed by atoms with van der Waals surface area (Å²) in [4.78, 5) is 10.7. The van der Waals surface area contributed by atoms with Crippen molar-refractivity contribution in [3.05, 3.63) is 23.8 Å². The first-order valence-corrected chi connectivity index (χ1v) is 9.52. The van der Waals surface area contributed by atoms with Gasteiger partial charge in [0.05, 0.1) is 12.3 Å². The molecule has 0 spiro atoms. The van der Waals surface area contributed by atoms with E-state index >= 15 is 0 Å². The van der Waals surface area contributed by atoms with Crippen LogP contribution in [0.1, 0.15) is 38.8 Å². The standard InChI is InChI=1S/C16H23NO6S/c1-5-17(24(4,20)21)13-9-16(2,3)23-14-7-6-11(8-12(13)14)22-10-15(18)19/h6-8,13H,5,9-10H2,1-4H3,(H,18,19). The smallest absolute Gasteiger partial charge is 0.341 e. The van der Waals surface area contributed by atoms with Crippen molar-refractivity contribution in [3.8, 4) is 11.5 Å². The normalized spacial score (nSPS) is 19.5. The van der Waals surface area contributed by atoms with Gasteiger partial charge in [0.2, 0.25) is 10.0 Å². The molecule has 24 heavy (non-hydrogen) atoms. The Morgan fingerprint density at radius 1 is 1.46 bits per heavy atom. The van der Waals surface area contributed by atoms with Crippen LogP contribution in [0.3, 0.4) is 0 Å². The minimum Gasteiger partial charge on any atom is -0.487 e. The van der Waals surface area contributed by atoms with Crippen molar-refractivity contribution in [1.29, 1.82) is 0 Å². The molecule has 0 amide bonds. The Morgan fingerprint density at radius 2 is 2.12 bits per heavy atom. The van der Waals surface area contributed by atoms with Gasteiger partial charge >= 0.3 is 5.97 Å². The molecule has 1 unspecified atom stereocenters. The summed E-state index contributed by atoms with van der Waals surface area (Å²) in [5.41, 5.74) is 0.170. The molecule has 1 N–H and O–H groups in total. The molecule has 134 valence electrons. The summed E-state index contributed by atoms with van der Waals surface area (Å²) in [6, 6.07) is 4.58. The monoisotopic (exact) mass is 357 g/mol. The second-order valence-corrected chi connectivity index (χ2v) is 8.37. The van der Waals surface area contributed by atoms with E-state index in [4.69, 9.17) is 14.6 Å². The van der Waals surface area contributed by atoms with Gasteiger partial charge in [-0.3, -0.25) is 0 Å². The first-order valence-electron chi connectivity index (χ1n) is 7.68. The Kier molecular flexibility index (Phi) is 5.10. The molecule has 0 saturated heterocycles. The topological polar surface area (TPSA) is 93.1 Å². The number of hydrogen-bond acceptors (Lipinski definition) is 5. The van der Waals surface area contributed by atoms with E-state index < -0.39 is 34.2 Å². The fourth-order valence-corrected chi connectivity index (χ4v) is 4.09. The Labute approximate surface area is 142 Å². The summed E-state index contributed by atoms with van der Waals surface area (Å²) in [6.45, 7) is 5.48. The third-order valence-corrected chi connectivity index (χ3v) is 5.22. The molecule has 8 heteroatoms. The molecular weight excluding hydrogens is 334 g/mol. The molecule has 1 aromatic rings. The maximum Gasteiger partial charge on any atom is 0.341 e. The van der Waals surface area contributed by atoms with E-state index in [-0.39, 0.29) is 0 Å². The minimum absolute atomic E-state index is 0.333. The van der Waals surface area contributed by atoms with Gasteiger partial charge < -0.3 is 14.6 Å². The Bertz CT molecular complexity index is 728. The third-order valence-electron chi connectivity index (χ3n) is 3.86. The van der Waals surface area contributed by atoms with Gasteiger partial charge in [-0.25, -0.2) is 13.2 Å². The summed E-state index contributed by atoms with van der Waals surface area (Å²) in [6.07, 6.45) is 1.67.